The molecular weight excluding hydrogens is 288 g/mol. The highest BCUT2D eigenvalue weighted by molar-refractivity contribution is 6.08. The van der Waals surface area contributed by atoms with E-state index < -0.39 is 0 Å². The summed E-state index contributed by atoms with van der Waals surface area (Å²) in [7, 11) is 4.16. The van der Waals surface area contributed by atoms with Gasteiger partial charge in [0.2, 0.25) is 0 Å². The molecule has 1 aromatic heterocycles. The number of anilines is 2. The van der Waals surface area contributed by atoms with Crippen LogP contribution in [0.3, 0.4) is 0 Å². The van der Waals surface area contributed by atoms with Crippen molar-refractivity contribution in [1.82, 2.24) is 9.88 Å². The Hall–Kier alpha value is -2.40. The van der Waals surface area contributed by atoms with Gasteiger partial charge in [0.05, 0.1) is 11.4 Å². The van der Waals surface area contributed by atoms with Gasteiger partial charge in [-0.1, -0.05) is 12.1 Å². The Morgan fingerprint density at radius 3 is 2.48 bits per heavy atom. The Balaban J connectivity index is 1.87. The summed E-state index contributed by atoms with van der Waals surface area (Å²) in [5, 5.41) is 0. The molecule has 5 nitrogen and oxygen atoms in total. The summed E-state index contributed by atoms with van der Waals surface area (Å²) in [6.07, 6.45) is 3.32. The van der Waals surface area contributed by atoms with Crippen molar-refractivity contribution >= 4 is 17.3 Å². The van der Waals surface area contributed by atoms with E-state index in [1.54, 1.807) is 24.5 Å². The molecule has 3 rings (SSSR count). The van der Waals surface area contributed by atoms with E-state index in [1.165, 1.54) is 0 Å². The second-order valence-corrected chi connectivity index (χ2v) is 5.97. The minimum Gasteiger partial charge on any atom is -0.367 e. The van der Waals surface area contributed by atoms with Crippen molar-refractivity contribution in [3.63, 3.8) is 0 Å². The highest BCUT2D eigenvalue weighted by Crippen LogP contribution is 2.33. The lowest BCUT2D eigenvalue weighted by molar-refractivity contribution is 0.0986. The molecule has 0 unspecified atom stereocenters. The number of hydrogen-bond donors (Lipinski definition) is 0. The first-order valence-corrected chi connectivity index (χ1v) is 7.87. The first-order chi connectivity index (χ1) is 11.2. The quantitative estimate of drug-likeness (QED) is 0.867. The van der Waals surface area contributed by atoms with Crippen LogP contribution in [0.15, 0.2) is 48.8 Å². The molecule has 0 radical (unpaired) electrons. The molecular formula is C18H22N4O. The second-order valence-electron chi connectivity index (χ2n) is 5.97. The molecule has 0 spiro atoms. The number of fused-ring (bicyclic) bond motifs is 1. The smallest absolute Gasteiger partial charge is 0.258 e. The topological polar surface area (TPSA) is 39.7 Å². The van der Waals surface area contributed by atoms with E-state index in [0.29, 0.717) is 12.1 Å². The lowest BCUT2D eigenvalue weighted by Gasteiger charge is -2.38. The summed E-state index contributed by atoms with van der Waals surface area (Å²) in [5.41, 5.74) is 2.79. The van der Waals surface area contributed by atoms with Gasteiger partial charge in [0.1, 0.15) is 0 Å². The van der Waals surface area contributed by atoms with E-state index in [4.69, 9.17) is 0 Å². The summed E-state index contributed by atoms with van der Waals surface area (Å²) < 4.78 is 0. The van der Waals surface area contributed by atoms with Crippen molar-refractivity contribution in [2.75, 3.05) is 50.1 Å². The molecule has 0 N–H and O–H groups in total. The van der Waals surface area contributed by atoms with Gasteiger partial charge in [-0.05, 0) is 38.4 Å². The summed E-state index contributed by atoms with van der Waals surface area (Å²) in [5.74, 6) is 0.0344. The average Bonchev–Trinajstić information content (AvgIpc) is 2.59. The van der Waals surface area contributed by atoms with Crippen LogP contribution < -0.4 is 9.80 Å². The Labute approximate surface area is 137 Å². The van der Waals surface area contributed by atoms with Gasteiger partial charge in [-0.25, -0.2) is 0 Å². The molecule has 1 aromatic carbocycles. The van der Waals surface area contributed by atoms with Crippen LogP contribution in [0.5, 0.6) is 0 Å². The lowest BCUT2D eigenvalue weighted by atomic mass is 10.1. The number of likely N-dealkylation sites (N-methyl/N-ethyl adjacent to an activating group) is 1. The van der Waals surface area contributed by atoms with Crippen molar-refractivity contribution in [2.24, 2.45) is 0 Å². The van der Waals surface area contributed by atoms with Gasteiger partial charge >= 0.3 is 0 Å². The number of para-hydroxylation sites is 2. The molecule has 0 aliphatic carbocycles. The monoisotopic (exact) mass is 310 g/mol. The Morgan fingerprint density at radius 2 is 1.78 bits per heavy atom. The second kappa shape index (κ2) is 6.79. The summed E-state index contributed by atoms with van der Waals surface area (Å²) >= 11 is 0. The van der Waals surface area contributed by atoms with Crippen molar-refractivity contribution in [3.05, 3.63) is 54.4 Å². The van der Waals surface area contributed by atoms with Crippen LogP contribution >= 0.6 is 0 Å². The van der Waals surface area contributed by atoms with E-state index in [1.807, 2.05) is 23.1 Å². The fourth-order valence-electron chi connectivity index (χ4n) is 2.84. The standard InChI is InChI=1S/C18H22N4O/c1-20(2)11-12-21-13-14-22(17-6-4-3-5-16(17)21)18(23)15-7-9-19-10-8-15/h3-10H,11-14H2,1-2H3. The highest BCUT2D eigenvalue weighted by Gasteiger charge is 2.27. The molecule has 1 amide bonds. The first-order valence-electron chi connectivity index (χ1n) is 7.87. The SMILES string of the molecule is CN(C)CCN1CCN(C(=O)c2ccncc2)c2ccccc21. The number of nitrogens with zero attached hydrogens (tertiary/aromatic N) is 4. The predicted octanol–water partition coefficient (Wildman–Crippen LogP) is 2.11. The van der Waals surface area contributed by atoms with Gasteiger partial charge in [0, 0.05) is 44.1 Å². The summed E-state index contributed by atoms with van der Waals surface area (Å²) in [6, 6.07) is 11.7. The number of hydrogen-bond acceptors (Lipinski definition) is 4. The third-order valence-electron chi connectivity index (χ3n) is 4.10. The van der Waals surface area contributed by atoms with E-state index in [2.05, 4.69) is 34.9 Å². The van der Waals surface area contributed by atoms with Crippen molar-refractivity contribution in [3.8, 4) is 0 Å². The number of aromatic nitrogens is 1. The van der Waals surface area contributed by atoms with Gasteiger partial charge in [0.15, 0.2) is 0 Å². The van der Waals surface area contributed by atoms with E-state index >= 15 is 0 Å². The summed E-state index contributed by atoms with van der Waals surface area (Å²) in [4.78, 5) is 23.2. The van der Waals surface area contributed by atoms with Gasteiger partial charge in [-0.2, -0.15) is 0 Å². The zero-order chi connectivity index (χ0) is 16.2. The molecule has 0 atom stereocenters. The van der Waals surface area contributed by atoms with Crippen LogP contribution in [0.25, 0.3) is 0 Å². The summed E-state index contributed by atoms with van der Waals surface area (Å²) in [6.45, 7) is 3.50. The van der Waals surface area contributed by atoms with Crippen LogP contribution in [0.2, 0.25) is 0 Å². The molecule has 5 heteroatoms. The minimum atomic E-state index is 0.0344. The number of carbonyl (C=O) groups excluding carboxylic acids is 1. The third kappa shape index (κ3) is 3.35. The Morgan fingerprint density at radius 1 is 1.09 bits per heavy atom. The van der Waals surface area contributed by atoms with E-state index in [0.717, 1.165) is 31.0 Å². The van der Waals surface area contributed by atoms with E-state index in [9.17, 15) is 4.79 Å². The van der Waals surface area contributed by atoms with Gasteiger partial charge in [-0.3, -0.25) is 9.78 Å². The molecule has 0 fully saturated rings. The predicted molar refractivity (Wildman–Crippen MR) is 93.1 cm³/mol. The molecule has 0 saturated heterocycles. The van der Waals surface area contributed by atoms with Crippen molar-refractivity contribution in [2.45, 2.75) is 0 Å². The van der Waals surface area contributed by atoms with Gasteiger partial charge < -0.3 is 14.7 Å². The van der Waals surface area contributed by atoms with Crippen LogP contribution in [0.4, 0.5) is 11.4 Å². The van der Waals surface area contributed by atoms with Crippen LogP contribution in [0, 0.1) is 0 Å². The molecule has 2 aromatic rings. The molecule has 23 heavy (non-hydrogen) atoms. The van der Waals surface area contributed by atoms with Crippen molar-refractivity contribution < 1.29 is 4.79 Å². The average molecular weight is 310 g/mol. The maximum atomic E-state index is 12.8. The molecule has 0 saturated carbocycles. The zero-order valence-electron chi connectivity index (χ0n) is 13.6. The normalized spacial score (nSPS) is 14.0. The number of rotatable bonds is 4. The Kier molecular flexibility index (Phi) is 4.57. The number of amides is 1. The highest BCUT2D eigenvalue weighted by atomic mass is 16.2. The van der Waals surface area contributed by atoms with Gasteiger partial charge in [-0.15, -0.1) is 0 Å². The molecule has 1 aliphatic heterocycles. The zero-order valence-corrected chi connectivity index (χ0v) is 13.6. The third-order valence-corrected chi connectivity index (χ3v) is 4.10. The number of pyridine rings is 1. The van der Waals surface area contributed by atoms with Crippen LogP contribution in [-0.4, -0.2) is 56.1 Å². The molecule has 1 aliphatic rings. The van der Waals surface area contributed by atoms with Gasteiger partial charge in [0.25, 0.3) is 5.91 Å². The van der Waals surface area contributed by atoms with E-state index in [-0.39, 0.29) is 5.91 Å². The number of carbonyl (C=O) groups is 1. The Bertz CT molecular complexity index is 672. The van der Waals surface area contributed by atoms with Crippen molar-refractivity contribution in [1.29, 1.82) is 0 Å². The minimum absolute atomic E-state index is 0.0344. The fraction of sp³-hybridized carbons (Fsp3) is 0.333. The van der Waals surface area contributed by atoms with Crippen LogP contribution in [0.1, 0.15) is 10.4 Å². The molecule has 120 valence electrons. The number of benzene rings is 1. The van der Waals surface area contributed by atoms with Crippen LogP contribution in [-0.2, 0) is 0 Å². The molecule has 0 bridgehead atoms. The fourth-order valence-corrected chi connectivity index (χ4v) is 2.84. The first kappa shape index (κ1) is 15.5. The largest absolute Gasteiger partial charge is 0.367 e. The maximum absolute atomic E-state index is 12.8. The lowest BCUT2D eigenvalue weighted by Crippen LogP contribution is -2.45. The molecule has 2 heterocycles. The maximum Gasteiger partial charge on any atom is 0.258 e.